The van der Waals surface area contributed by atoms with Gasteiger partial charge in [-0.25, -0.2) is 4.39 Å². The summed E-state index contributed by atoms with van der Waals surface area (Å²) in [5.41, 5.74) is 3.78. The molecule has 0 unspecified atom stereocenters. The Kier molecular flexibility index (Phi) is 10.4. The first kappa shape index (κ1) is 31.9. The van der Waals surface area contributed by atoms with Crippen molar-refractivity contribution < 1.29 is 23.5 Å². The quantitative estimate of drug-likeness (QED) is 0.296. The number of carbonyl (C=O) groups excluding carboxylic acids is 2. The van der Waals surface area contributed by atoms with Crippen LogP contribution in [0, 0.1) is 11.7 Å². The topological polar surface area (TPSA) is 79.9 Å². The van der Waals surface area contributed by atoms with Gasteiger partial charge in [-0.3, -0.25) is 14.5 Å². The molecule has 0 radical (unpaired) electrons. The van der Waals surface area contributed by atoms with Crippen molar-refractivity contribution in [1.82, 2.24) is 15.5 Å². The van der Waals surface area contributed by atoms with Gasteiger partial charge in [0.25, 0.3) is 0 Å². The van der Waals surface area contributed by atoms with Gasteiger partial charge in [0, 0.05) is 56.4 Å². The zero-order chi connectivity index (χ0) is 30.6. The predicted octanol–water partition coefficient (Wildman–Crippen LogP) is 4.82. The van der Waals surface area contributed by atoms with Gasteiger partial charge in [-0.2, -0.15) is 0 Å². The van der Waals surface area contributed by atoms with Crippen molar-refractivity contribution in [2.45, 2.75) is 82.9 Å². The number of esters is 1. The smallest absolute Gasteiger partial charge is 0.323 e. The number of ether oxygens (including phenoxy) is 2. The molecule has 43 heavy (non-hydrogen) atoms. The highest BCUT2D eigenvalue weighted by Crippen LogP contribution is 2.37. The van der Waals surface area contributed by atoms with Crippen molar-refractivity contribution >= 4 is 23.5 Å². The van der Waals surface area contributed by atoms with Crippen LogP contribution in [0.3, 0.4) is 0 Å². The van der Waals surface area contributed by atoms with Crippen LogP contribution < -0.4 is 10.6 Å². The second-order valence-electron chi connectivity index (χ2n) is 13.2. The van der Waals surface area contributed by atoms with Crippen LogP contribution in [0.15, 0.2) is 36.4 Å². The van der Waals surface area contributed by atoms with Gasteiger partial charge in [0.05, 0.1) is 5.92 Å². The van der Waals surface area contributed by atoms with Crippen LogP contribution >= 0.6 is 11.6 Å². The van der Waals surface area contributed by atoms with E-state index in [0.717, 1.165) is 31.2 Å². The molecule has 2 saturated heterocycles. The summed E-state index contributed by atoms with van der Waals surface area (Å²) >= 11 is 6.03. The van der Waals surface area contributed by atoms with Gasteiger partial charge in [-0.05, 0) is 93.7 Å². The fourth-order valence-corrected chi connectivity index (χ4v) is 6.89. The van der Waals surface area contributed by atoms with Gasteiger partial charge >= 0.3 is 5.97 Å². The van der Waals surface area contributed by atoms with E-state index in [0.29, 0.717) is 62.4 Å². The van der Waals surface area contributed by atoms with Gasteiger partial charge in [-0.15, -0.1) is 0 Å². The van der Waals surface area contributed by atoms with Crippen molar-refractivity contribution in [2.75, 3.05) is 39.4 Å². The van der Waals surface area contributed by atoms with Gasteiger partial charge in [-0.1, -0.05) is 35.9 Å². The lowest BCUT2D eigenvalue weighted by atomic mass is 9.88. The molecule has 0 aromatic heterocycles. The Balaban J connectivity index is 1.22. The number of hydrogen-bond acceptors (Lipinski definition) is 6. The van der Waals surface area contributed by atoms with E-state index in [1.54, 1.807) is 12.1 Å². The third-order valence-electron chi connectivity index (χ3n) is 8.86. The maximum absolute atomic E-state index is 15.0. The lowest BCUT2D eigenvalue weighted by Crippen LogP contribution is -2.46. The number of aryl methyl sites for hydroxylation is 2. The normalized spacial score (nSPS) is 21.9. The molecule has 2 aromatic rings. The van der Waals surface area contributed by atoms with E-state index in [-0.39, 0.29) is 23.6 Å². The number of nitrogens with zero attached hydrogens (tertiary/aromatic N) is 1. The van der Waals surface area contributed by atoms with Gasteiger partial charge in [0.1, 0.15) is 17.5 Å². The number of fused-ring (bicyclic) bond motifs is 1. The maximum Gasteiger partial charge on any atom is 0.323 e. The average Bonchev–Trinajstić information content (AvgIpc) is 3.61. The van der Waals surface area contributed by atoms with E-state index in [4.69, 9.17) is 21.1 Å². The number of hydrogen-bond donors (Lipinski definition) is 2. The highest BCUT2D eigenvalue weighted by Gasteiger charge is 2.42. The molecule has 1 amide bonds. The molecular weight excluding hydrogens is 569 g/mol. The minimum absolute atomic E-state index is 0.108. The molecule has 0 bridgehead atoms. The summed E-state index contributed by atoms with van der Waals surface area (Å²) in [6.07, 6.45) is 5.69. The first-order chi connectivity index (χ1) is 20.6. The number of benzene rings is 2. The molecule has 234 valence electrons. The summed E-state index contributed by atoms with van der Waals surface area (Å²) in [7, 11) is 0. The molecule has 0 spiro atoms. The molecule has 9 heteroatoms. The predicted molar refractivity (Wildman–Crippen MR) is 166 cm³/mol. The minimum Gasteiger partial charge on any atom is -0.459 e. The van der Waals surface area contributed by atoms with Crippen molar-refractivity contribution in [2.24, 2.45) is 5.92 Å². The molecule has 2 N–H and O–H groups in total. The highest BCUT2D eigenvalue weighted by molar-refractivity contribution is 6.30. The maximum atomic E-state index is 15.0. The number of carbonyl (C=O) groups is 2. The van der Waals surface area contributed by atoms with E-state index >= 15 is 4.39 Å². The standard InChI is InChI=1S/C34H45ClFN3O4/c1-34(2,3)43-33(41)31(18-22-7-8-23-5-4-6-24(23)17-22)37-13-14-38-32(40)29-21-39(26-11-15-42-16-12-26)20-28(29)27-10-9-25(35)19-30(27)36/h7-10,17,19,26,28-29,31,37H,4-6,11-16,18,20-21H2,1-3H3,(H,38,40)/t28-,29+,31-/m0/s1. The average molecular weight is 614 g/mol. The summed E-state index contributed by atoms with van der Waals surface area (Å²) in [4.78, 5) is 29.0. The Morgan fingerprint density at radius 1 is 1.07 bits per heavy atom. The van der Waals surface area contributed by atoms with E-state index < -0.39 is 17.6 Å². The van der Waals surface area contributed by atoms with Crippen LogP contribution in [-0.4, -0.2) is 73.9 Å². The Morgan fingerprint density at radius 3 is 2.58 bits per heavy atom. The summed E-state index contributed by atoms with van der Waals surface area (Å²) in [6, 6.07) is 11.0. The van der Waals surface area contributed by atoms with E-state index in [1.807, 2.05) is 20.8 Å². The van der Waals surface area contributed by atoms with Gasteiger partial charge < -0.3 is 20.1 Å². The van der Waals surface area contributed by atoms with Gasteiger partial charge in [0.15, 0.2) is 0 Å². The van der Waals surface area contributed by atoms with Crippen molar-refractivity contribution in [1.29, 1.82) is 0 Å². The van der Waals surface area contributed by atoms with E-state index in [1.165, 1.54) is 23.6 Å². The number of rotatable bonds is 10. The second-order valence-corrected chi connectivity index (χ2v) is 13.6. The third kappa shape index (κ3) is 8.35. The summed E-state index contributed by atoms with van der Waals surface area (Å²) in [5.74, 6) is -1.46. The molecular formula is C34H45ClFN3O4. The van der Waals surface area contributed by atoms with Gasteiger partial charge in [0.2, 0.25) is 5.91 Å². The van der Waals surface area contributed by atoms with Crippen LogP contribution in [-0.2, 0) is 38.3 Å². The van der Waals surface area contributed by atoms with Crippen LogP contribution in [0.5, 0.6) is 0 Å². The van der Waals surface area contributed by atoms with Crippen molar-refractivity contribution in [3.63, 3.8) is 0 Å². The number of halogens is 2. The van der Waals surface area contributed by atoms with Crippen LogP contribution in [0.1, 0.15) is 68.2 Å². The monoisotopic (exact) mass is 613 g/mol. The minimum atomic E-state index is -0.603. The fraction of sp³-hybridized carbons (Fsp3) is 0.588. The molecule has 2 aliphatic heterocycles. The molecule has 0 saturated carbocycles. The summed E-state index contributed by atoms with van der Waals surface area (Å²) < 4.78 is 26.3. The number of amides is 1. The molecule has 2 heterocycles. The Bertz CT molecular complexity index is 1290. The molecule has 1 aliphatic carbocycles. The SMILES string of the molecule is CC(C)(C)OC(=O)[C@H](Cc1ccc2c(c1)CCC2)NCCNC(=O)[C@@H]1CN(C2CCOCC2)C[C@H]1c1ccc(Cl)cc1F. The second kappa shape index (κ2) is 14.1. The largest absolute Gasteiger partial charge is 0.459 e. The van der Waals surface area contributed by atoms with Crippen LogP contribution in [0.25, 0.3) is 0 Å². The van der Waals surface area contributed by atoms with Crippen molar-refractivity contribution in [3.8, 4) is 0 Å². The van der Waals surface area contributed by atoms with Crippen molar-refractivity contribution in [3.05, 3.63) is 69.5 Å². The zero-order valence-corrected chi connectivity index (χ0v) is 26.4. The third-order valence-corrected chi connectivity index (χ3v) is 9.10. The first-order valence-corrected chi connectivity index (χ1v) is 16.1. The lowest BCUT2D eigenvalue weighted by molar-refractivity contribution is -0.157. The Hall–Kier alpha value is -2.52. The fourth-order valence-electron chi connectivity index (χ4n) is 6.73. The molecule has 3 atom stereocenters. The first-order valence-electron chi connectivity index (χ1n) is 15.7. The molecule has 2 aromatic carbocycles. The number of nitrogens with one attached hydrogen (secondary N) is 2. The lowest BCUT2D eigenvalue weighted by Gasteiger charge is -2.31. The molecule has 7 nitrogen and oxygen atoms in total. The summed E-state index contributed by atoms with van der Waals surface area (Å²) in [6.45, 7) is 8.91. The highest BCUT2D eigenvalue weighted by atomic mass is 35.5. The van der Waals surface area contributed by atoms with Crippen LogP contribution in [0.4, 0.5) is 4.39 Å². The van der Waals surface area contributed by atoms with Crippen LogP contribution in [0.2, 0.25) is 5.02 Å². The number of likely N-dealkylation sites (tertiary alicyclic amines) is 1. The molecule has 3 aliphatic rings. The molecule has 5 rings (SSSR count). The zero-order valence-electron chi connectivity index (χ0n) is 25.6. The van der Waals surface area contributed by atoms with E-state index in [2.05, 4.69) is 33.7 Å². The Labute approximate surface area is 259 Å². The van der Waals surface area contributed by atoms with E-state index in [9.17, 15) is 9.59 Å². The Morgan fingerprint density at radius 2 is 1.84 bits per heavy atom. The molecule has 2 fully saturated rings. The summed E-state index contributed by atoms with van der Waals surface area (Å²) in [5, 5.41) is 6.74.